The summed E-state index contributed by atoms with van der Waals surface area (Å²) < 4.78 is 5.63. The van der Waals surface area contributed by atoms with Gasteiger partial charge in [-0.2, -0.15) is 0 Å². The number of carbonyl (C=O) groups excluding carboxylic acids is 1. The summed E-state index contributed by atoms with van der Waals surface area (Å²) in [4.78, 5) is 13.5. The number of fused-ring (bicyclic) bond motifs is 1. The molecule has 16 heavy (non-hydrogen) atoms. The van der Waals surface area contributed by atoms with Crippen molar-refractivity contribution in [1.82, 2.24) is 0 Å². The molecule has 0 bridgehead atoms. The number of nitrogens with two attached hydrogens (primary N) is 1. The molecule has 1 heterocycles. The van der Waals surface area contributed by atoms with Gasteiger partial charge in [-0.3, -0.25) is 4.79 Å². The second-order valence-corrected chi connectivity index (χ2v) is 4.11. The molecule has 2 rings (SSSR count). The van der Waals surface area contributed by atoms with E-state index in [9.17, 15) is 4.79 Å². The Bertz CT molecular complexity index is 443. The fourth-order valence-corrected chi connectivity index (χ4v) is 1.94. The zero-order chi connectivity index (χ0) is 11.9. The van der Waals surface area contributed by atoms with E-state index in [4.69, 9.17) is 10.5 Å². The fraction of sp³-hybridized carbons (Fsp3) is 0.417. The molecule has 1 aromatic carbocycles. The minimum Gasteiger partial charge on any atom is -0.476 e. The van der Waals surface area contributed by atoms with Crippen LogP contribution < -0.4 is 15.4 Å². The number of rotatable bonds is 1. The Kier molecular flexibility index (Phi) is 2.50. The Morgan fingerprint density at radius 2 is 2.19 bits per heavy atom. The molecule has 4 nitrogen and oxygen atoms in total. The van der Waals surface area contributed by atoms with Gasteiger partial charge in [0.15, 0.2) is 11.9 Å². The van der Waals surface area contributed by atoms with Gasteiger partial charge in [0.1, 0.15) is 0 Å². The zero-order valence-corrected chi connectivity index (χ0v) is 9.78. The minimum absolute atomic E-state index is 0.0139. The van der Waals surface area contributed by atoms with Gasteiger partial charge >= 0.3 is 0 Å². The van der Waals surface area contributed by atoms with Crippen LogP contribution in [0.2, 0.25) is 0 Å². The Morgan fingerprint density at radius 1 is 1.50 bits per heavy atom. The molecule has 1 aromatic rings. The second-order valence-electron chi connectivity index (χ2n) is 4.11. The van der Waals surface area contributed by atoms with Gasteiger partial charge in [-0.25, -0.2) is 0 Å². The molecule has 86 valence electrons. The predicted molar refractivity (Wildman–Crippen MR) is 63.7 cm³/mol. The van der Waals surface area contributed by atoms with Crippen molar-refractivity contribution in [1.29, 1.82) is 0 Å². The number of nitrogen functional groups attached to an aromatic ring is 1. The number of hydrogen-bond acceptors (Lipinski definition) is 3. The number of likely N-dealkylation sites (N-methyl/N-ethyl adjacent to an activating group) is 1. The molecule has 0 aromatic heterocycles. The number of hydrogen-bond donors (Lipinski definition) is 1. The summed E-state index contributed by atoms with van der Waals surface area (Å²) in [6.07, 6.45) is 0.234. The lowest BCUT2D eigenvalue weighted by molar-refractivity contribution is -0.126. The van der Waals surface area contributed by atoms with E-state index in [2.05, 4.69) is 0 Å². The molecule has 1 amide bonds. The van der Waals surface area contributed by atoms with Crippen LogP contribution in [-0.2, 0) is 4.79 Å². The van der Waals surface area contributed by atoms with Gasteiger partial charge < -0.3 is 15.4 Å². The largest absolute Gasteiger partial charge is 0.476 e. The summed E-state index contributed by atoms with van der Waals surface area (Å²) in [5.41, 5.74) is 8.27. The van der Waals surface area contributed by atoms with Crippen molar-refractivity contribution in [3.63, 3.8) is 0 Å². The van der Waals surface area contributed by atoms with Gasteiger partial charge in [0.25, 0.3) is 5.91 Å². The molecule has 1 atom stereocenters. The molecular weight excluding hydrogens is 204 g/mol. The lowest BCUT2D eigenvalue weighted by atomic mass is 10.1. The van der Waals surface area contributed by atoms with Crippen molar-refractivity contribution in [2.75, 3.05) is 17.7 Å². The van der Waals surface area contributed by atoms with Crippen LogP contribution in [0.25, 0.3) is 0 Å². The van der Waals surface area contributed by atoms with E-state index in [-0.39, 0.29) is 5.91 Å². The SMILES string of the molecule is CCC1Oc2c(N)cc(C)cc2N(C)C1=O. The summed E-state index contributed by atoms with van der Waals surface area (Å²) in [6, 6.07) is 3.77. The third-order valence-electron chi connectivity index (χ3n) is 2.84. The van der Waals surface area contributed by atoms with Gasteiger partial charge in [0, 0.05) is 7.05 Å². The van der Waals surface area contributed by atoms with Crippen molar-refractivity contribution < 1.29 is 9.53 Å². The summed E-state index contributed by atoms with van der Waals surface area (Å²) in [6.45, 7) is 3.87. The summed E-state index contributed by atoms with van der Waals surface area (Å²) in [7, 11) is 1.76. The van der Waals surface area contributed by atoms with Gasteiger partial charge in [-0.1, -0.05) is 6.92 Å². The summed E-state index contributed by atoms with van der Waals surface area (Å²) >= 11 is 0. The van der Waals surface area contributed by atoms with E-state index in [1.165, 1.54) is 0 Å². The molecule has 0 saturated heterocycles. The van der Waals surface area contributed by atoms with E-state index in [1.54, 1.807) is 11.9 Å². The van der Waals surface area contributed by atoms with Crippen LogP contribution in [0.3, 0.4) is 0 Å². The lowest BCUT2D eigenvalue weighted by Gasteiger charge is -2.32. The maximum atomic E-state index is 11.9. The van der Waals surface area contributed by atoms with E-state index >= 15 is 0 Å². The Morgan fingerprint density at radius 3 is 2.81 bits per heavy atom. The predicted octanol–water partition coefficient (Wildman–Crippen LogP) is 1.71. The quantitative estimate of drug-likeness (QED) is 0.733. The molecule has 2 N–H and O–H groups in total. The first kappa shape index (κ1) is 10.8. The highest BCUT2D eigenvalue weighted by molar-refractivity contribution is 6.00. The topological polar surface area (TPSA) is 55.6 Å². The first-order valence-corrected chi connectivity index (χ1v) is 5.39. The van der Waals surface area contributed by atoms with Crippen molar-refractivity contribution in [2.24, 2.45) is 0 Å². The number of carbonyl (C=O) groups is 1. The highest BCUT2D eigenvalue weighted by Crippen LogP contribution is 2.39. The average molecular weight is 220 g/mol. The van der Waals surface area contributed by atoms with Crippen LogP contribution in [0, 0.1) is 6.92 Å². The number of nitrogens with zero attached hydrogens (tertiary/aromatic N) is 1. The van der Waals surface area contributed by atoms with Gasteiger partial charge in [0.05, 0.1) is 11.4 Å². The summed E-state index contributed by atoms with van der Waals surface area (Å²) in [5.74, 6) is 0.611. The smallest absolute Gasteiger partial charge is 0.267 e. The molecule has 0 saturated carbocycles. The molecule has 0 spiro atoms. The molecule has 4 heteroatoms. The van der Waals surface area contributed by atoms with E-state index in [0.29, 0.717) is 17.9 Å². The number of amides is 1. The number of benzene rings is 1. The van der Waals surface area contributed by atoms with Crippen molar-refractivity contribution in [2.45, 2.75) is 26.4 Å². The average Bonchev–Trinajstić information content (AvgIpc) is 2.24. The first-order valence-electron chi connectivity index (χ1n) is 5.39. The zero-order valence-electron chi connectivity index (χ0n) is 9.78. The molecule has 0 radical (unpaired) electrons. The van der Waals surface area contributed by atoms with Gasteiger partial charge in [-0.15, -0.1) is 0 Å². The van der Waals surface area contributed by atoms with Crippen LogP contribution in [-0.4, -0.2) is 19.1 Å². The maximum absolute atomic E-state index is 11.9. The van der Waals surface area contributed by atoms with Crippen LogP contribution in [0.15, 0.2) is 12.1 Å². The van der Waals surface area contributed by atoms with Crippen molar-refractivity contribution in [3.05, 3.63) is 17.7 Å². The first-order chi connectivity index (χ1) is 7.54. The standard InChI is InChI=1S/C12H16N2O2/c1-4-10-12(15)14(3)9-6-7(2)5-8(13)11(9)16-10/h5-6,10H,4,13H2,1-3H3. The number of aryl methyl sites for hydroxylation is 1. The molecule has 1 aliphatic heterocycles. The number of ether oxygens (including phenoxy) is 1. The van der Waals surface area contributed by atoms with E-state index in [0.717, 1.165) is 11.3 Å². The van der Waals surface area contributed by atoms with Gasteiger partial charge in [-0.05, 0) is 31.0 Å². The van der Waals surface area contributed by atoms with Crippen molar-refractivity contribution in [3.8, 4) is 5.75 Å². The highest BCUT2D eigenvalue weighted by Gasteiger charge is 2.32. The Labute approximate surface area is 95.0 Å². The summed E-state index contributed by atoms with van der Waals surface area (Å²) in [5, 5.41) is 0. The molecular formula is C12H16N2O2. The lowest BCUT2D eigenvalue weighted by Crippen LogP contribution is -2.43. The van der Waals surface area contributed by atoms with Crippen LogP contribution in [0.5, 0.6) is 5.75 Å². The number of anilines is 2. The van der Waals surface area contributed by atoms with Crippen LogP contribution >= 0.6 is 0 Å². The normalized spacial score (nSPS) is 19.3. The van der Waals surface area contributed by atoms with E-state index in [1.807, 2.05) is 26.0 Å². The van der Waals surface area contributed by atoms with Crippen molar-refractivity contribution >= 4 is 17.3 Å². The third kappa shape index (κ3) is 1.50. The third-order valence-corrected chi connectivity index (χ3v) is 2.84. The Balaban J connectivity index is 2.54. The van der Waals surface area contributed by atoms with Crippen LogP contribution in [0.1, 0.15) is 18.9 Å². The van der Waals surface area contributed by atoms with Gasteiger partial charge in [0.2, 0.25) is 0 Å². The monoisotopic (exact) mass is 220 g/mol. The van der Waals surface area contributed by atoms with Crippen LogP contribution in [0.4, 0.5) is 11.4 Å². The maximum Gasteiger partial charge on any atom is 0.267 e. The Hall–Kier alpha value is -1.71. The second kappa shape index (κ2) is 3.70. The molecule has 1 aliphatic rings. The molecule has 1 unspecified atom stereocenters. The highest BCUT2D eigenvalue weighted by atomic mass is 16.5. The van der Waals surface area contributed by atoms with E-state index < -0.39 is 6.10 Å². The fourth-order valence-electron chi connectivity index (χ4n) is 1.94. The molecule has 0 aliphatic carbocycles. The minimum atomic E-state index is -0.414. The molecule has 0 fully saturated rings.